The fourth-order valence-corrected chi connectivity index (χ4v) is 6.53. The number of aliphatic hydroxyl groups is 1. The van der Waals surface area contributed by atoms with Crippen LogP contribution in [0.2, 0.25) is 0 Å². The van der Waals surface area contributed by atoms with Gasteiger partial charge in [0.05, 0.1) is 18.9 Å². The summed E-state index contributed by atoms with van der Waals surface area (Å²) in [6.45, 7) is 11.2. The fraction of sp³-hybridized carbons (Fsp3) is 0.457. The first-order valence-electron chi connectivity index (χ1n) is 16.4. The van der Waals surface area contributed by atoms with Crippen LogP contribution >= 0.6 is 11.3 Å². The van der Waals surface area contributed by atoms with Crippen molar-refractivity contribution in [2.45, 2.75) is 84.7 Å². The molecule has 2 aromatic heterocycles. The van der Waals surface area contributed by atoms with Crippen LogP contribution in [-0.4, -0.2) is 63.8 Å². The van der Waals surface area contributed by atoms with Crippen molar-refractivity contribution in [3.8, 4) is 10.8 Å². The molecule has 12 heteroatoms. The fourth-order valence-electron chi connectivity index (χ4n) is 5.85. The summed E-state index contributed by atoms with van der Waals surface area (Å²) in [5.74, 6) is 0.314. The molecule has 1 saturated heterocycles. The van der Waals surface area contributed by atoms with Crippen molar-refractivity contribution in [1.82, 2.24) is 19.8 Å². The zero-order valence-corrected chi connectivity index (χ0v) is 28.7. The Hall–Kier alpha value is -3.97. The Morgan fingerprint density at radius 2 is 1.83 bits per heavy atom. The summed E-state index contributed by atoms with van der Waals surface area (Å²) in [7, 11) is 1.60. The number of aliphatic hydroxyl groups excluding tert-OH is 1. The number of fused-ring (bicyclic) bond motifs is 1. The molecule has 2 aromatic carbocycles. The number of rotatable bonds is 13. The lowest BCUT2D eigenvalue weighted by molar-refractivity contribution is 0.0794. The van der Waals surface area contributed by atoms with Crippen molar-refractivity contribution in [1.29, 1.82) is 0 Å². The van der Waals surface area contributed by atoms with E-state index in [9.17, 15) is 14.7 Å². The number of carbonyl (C=O) groups excluding carboxylic acids is 2. The Bertz CT molecular complexity index is 1670. The smallest absolute Gasteiger partial charge is 0.319 e. The molecule has 4 N–H and O–H groups in total. The zero-order chi connectivity index (χ0) is 33.5. The second-order valence-corrected chi connectivity index (χ2v) is 13.3. The maximum Gasteiger partial charge on any atom is 0.319 e. The number of aromatic nitrogens is 2. The average Bonchev–Trinajstić information content (AvgIpc) is 3.65. The predicted octanol–water partition coefficient (Wildman–Crippen LogP) is 7.14. The molecule has 4 aromatic rings. The molecule has 3 heterocycles. The highest BCUT2D eigenvalue weighted by molar-refractivity contribution is 7.17. The van der Waals surface area contributed by atoms with Gasteiger partial charge in [0.1, 0.15) is 5.75 Å². The van der Waals surface area contributed by atoms with Gasteiger partial charge in [0.25, 0.3) is 5.91 Å². The predicted molar refractivity (Wildman–Crippen MR) is 187 cm³/mol. The molecule has 0 spiro atoms. The number of nitrogens with zero attached hydrogens (tertiary/aromatic N) is 3. The molecular formula is C35H46N6O5S. The van der Waals surface area contributed by atoms with Crippen LogP contribution in [-0.2, 0) is 17.9 Å². The number of methoxy groups -OCH3 is 1. The van der Waals surface area contributed by atoms with Gasteiger partial charge in [-0.15, -0.1) is 0 Å². The standard InChI is InChI=1S/C35H46N6O5S/c1-6-26(7-2)37-34(44)38-27-9-11-31(24(16-27)21-45-5)46-32-18-36-35(47-32)39-33(43)23-8-10-29-25(19-40-14-12-28(42)13-15-40)20-41(22(3)4)30(29)17-23/h8-11,16-18,20,22,26,28,42H,6-7,12-15,19,21H2,1-5H3,(H,36,39,43)(H2,37,38,44). The molecule has 0 radical (unpaired) electrons. The van der Waals surface area contributed by atoms with E-state index in [4.69, 9.17) is 9.47 Å². The topological polar surface area (TPSA) is 130 Å². The Kier molecular flexibility index (Phi) is 11.5. The van der Waals surface area contributed by atoms with Gasteiger partial charge in [0.2, 0.25) is 5.06 Å². The molecular weight excluding hydrogens is 616 g/mol. The van der Waals surface area contributed by atoms with Gasteiger partial charge in [-0.1, -0.05) is 31.3 Å². The van der Waals surface area contributed by atoms with E-state index in [1.165, 1.54) is 16.9 Å². The summed E-state index contributed by atoms with van der Waals surface area (Å²) in [6.07, 6.45) is 6.88. The number of hydrogen-bond acceptors (Lipinski definition) is 8. The molecule has 0 aliphatic carbocycles. The van der Waals surface area contributed by atoms with Crippen LogP contribution in [0.3, 0.4) is 0 Å². The summed E-state index contributed by atoms with van der Waals surface area (Å²) in [5, 5.41) is 20.7. The van der Waals surface area contributed by atoms with Crippen molar-refractivity contribution in [2.75, 3.05) is 30.8 Å². The van der Waals surface area contributed by atoms with E-state index in [0.717, 1.165) is 61.8 Å². The quantitative estimate of drug-likeness (QED) is 0.120. The Labute approximate surface area is 280 Å². The van der Waals surface area contributed by atoms with Gasteiger partial charge < -0.3 is 29.8 Å². The molecule has 1 aliphatic rings. The van der Waals surface area contributed by atoms with E-state index in [0.29, 0.717) is 27.2 Å². The molecule has 1 aliphatic heterocycles. The maximum atomic E-state index is 13.3. The minimum atomic E-state index is -0.255. The highest BCUT2D eigenvalue weighted by atomic mass is 32.1. The summed E-state index contributed by atoms with van der Waals surface area (Å²) in [5.41, 5.74) is 4.16. The number of urea groups is 1. The monoisotopic (exact) mass is 662 g/mol. The number of hydrogen-bond donors (Lipinski definition) is 4. The van der Waals surface area contributed by atoms with E-state index >= 15 is 0 Å². The molecule has 0 saturated carbocycles. The van der Waals surface area contributed by atoms with Gasteiger partial charge in [-0.2, -0.15) is 0 Å². The van der Waals surface area contributed by atoms with Crippen LogP contribution in [0.4, 0.5) is 15.6 Å². The molecule has 5 rings (SSSR count). The highest BCUT2D eigenvalue weighted by Crippen LogP contribution is 2.34. The van der Waals surface area contributed by atoms with E-state index in [1.54, 1.807) is 25.4 Å². The van der Waals surface area contributed by atoms with Gasteiger partial charge in [-0.25, -0.2) is 9.78 Å². The molecule has 252 valence electrons. The number of amides is 3. The van der Waals surface area contributed by atoms with Crippen molar-refractivity contribution >= 4 is 45.0 Å². The zero-order valence-electron chi connectivity index (χ0n) is 27.8. The number of piperidine rings is 1. The lowest BCUT2D eigenvalue weighted by Gasteiger charge is -2.29. The number of ether oxygens (including phenoxy) is 2. The molecule has 11 nitrogen and oxygen atoms in total. The molecule has 0 bridgehead atoms. The van der Waals surface area contributed by atoms with E-state index < -0.39 is 0 Å². The number of carbonyl (C=O) groups is 2. The van der Waals surface area contributed by atoms with Crippen LogP contribution < -0.4 is 20.7 Å². The van der Waals surface area contributed by atoms with Crippen molar-refractivity contribution in [3.63, 3.8) is 0 Å². The summed E-state index contributed by atoms with van der Waals surface area (Å²) >= 11 is 1.23. The van der Waals surface area contributed by atoms with Crippen LogP contribution in [0.15, 0.2) is 48.8 Å². The second-order valence-electron chi connectivity index (χ2n) is 12.3. The number of benzene rings is 2. The van der Waals surface area contributed by atoms with Gasteiger partial charge in [-0.05, 0) is 75.4 Å². The Morgan fingerprint density at radius 1 is 1.06 bits per heavy atom. The van der Waals surface area contributed by atoms with Gasteiger partial charge in [0.15, 0.2) is 5.13 Å². The van der Waals surface area contributed by atoms with E-state index in [1.807, 2.05) is 38.1 Å². The van der Waals surface area contributed by atoms with Gasteiger partial charge in [-0.3, -0.25) is 15.0 Å². The molecule has 1 fully saturated rings. The third-order valence-electron chi connectivity index (χ3n) is 8.54. The van der Waals surface area contributed by atoms with Crippen LogP contribution in [0.5, 0.6) is 10.8 Å². The maximum absolute atomic E-state index is 13.3. The first kappa shape index (κ1) is 34.4. The summed E-state index contributed by atoms with van der Waals surface area (Å²) in [4.78, 5) is 32.5. The number of likely N-dealkylation sites (tertiary alicyclic amines) is 1. The van der Waals surface area contributed by atoms with Crippen LogP contribution in [0, 0.1) is 0 Å². The lowest BCUT2D eigenvalue weighted by atomic mass is 10.1. The molecule has 0 unspecified atom stereocenters. The van der Waals surface area contributed by atoms with Crippen LogP contribution in [0.1, 0.15) is 80.9 Å². The largest absolute Gasteiger partial charge is 0.445 e. The van der Waals surface area contributed by atoms with E-state index in [-0.39, 0.29) is 36.7 Å². The number of anilines is 2. The second kappa shape index (κ2) is 15.7. The number of nitrogens with one attached hydrogen (secondary N) is 3. The minimum absolute atomic E-state index is 0.117. The minimum Gasteiger partial charge on any atom is -0.445 e. The highest BCUT2D eigenvalue weighted by Gasteiger charge is 2.21. The molecule has 0 atom stereocenters. The van der Waals surface area contributed by atoms with Crippen molar-refractivity contribution in [2.24, 2.45) is 0 Å². The van der Waals surface area contributed by atoms with Crippen molar-refractivity contribution in [3.05, 3.63) is 65.5 Å². The first-order valence-corrected chi connectivity index (χ1v) is 17.2. The number of thiazole rings is 1. The first-order chi connectivity index (χ1) is 22.7. The molecule has 47 heavy (non-hydrogen) atoms. The Balaban J connectivity index is 1.26. The molecule has 3 amide bonds. The Morgan fingerprint density at radius 3 is 2.53 bits per heavy atom. The SMILES string of the molecule is CCC(CC)NC(=O)Nc1ccc(Oc2cnc(NC(=O)c3ccc4c(CN5CCC(O)CC5)cn(C(C)C)c4c3)s2)c(COC)c1. The summed E-state index contributed by atoms with van der Waals surface area (Å²) < 4.78 is 13.7. The van der Waals surface area contributed by atoms with E-state index in [2.05, 4.69) is 50.4 Å². The van der Waals surface area contributed by atoms with Gasteiger partial charge >= 0.3 is 6.03 Å². The lowest BCUT2D eigenvalue weighted by Crippen LogP contribution is -2.37. The van der Waals surface area contributed by atoms with Crippen LogP contribution in [0.25, 0.3) is 10.9 Å². The van der Waals surface area contributed by atoms with Crippen molar-refractivity contribution < 1.29 is 24.2 Å². The third kappa shape index (κ3) is 8.69. The third-order valence-corrected chi connectivity index (χ3v) is 9.33. The summed E-state index contributed by atoms with van der Waals surface area (Å²) in [6, 6.07) is 11.3. The normalized spacial score (nSPS) is 14.2. The van der Waals surface area contributed by atoms with Gasteiger partial charge in [0, 0.05) is 72.7 Å². The average molecular weight is 663 g/mol.